The molecular formula is C16H22ClN5. The minimum Gasteiger partial charge on any atom is -0.380 e. The second-order valence-corrected chi connectivity index (χ2v) is 6.44. The third-order valence-electron chi connectivity index (χ3n) is 4.17. The summed E-state index contributed by atoms with van der Waals surface area (Å²) < 4.78 is 1.72. The molecule has 0 aliphatic carbocycles. The van der Waals surface area contributed by atoms with Crippen molar-refractivity contribution < 1.29 is 0 Å². The molecule has 1 fully saturated rings. The number of hydrogen-bond acceptors (Lipinski definition) is 4. The minimum absolute atomic E-state index is 0.506. The van der Waals surface area contributed by atoms with Gasteiger partial charge in [0.25, 0.3) is 0 Å². The van der Waals surface area contributed by atoms with Crippen LogP contribution in [0.2, 0.25) is 5.02 Å². The van der Waals surface area contributed by atoms with Gasteiger partial charge in [-0.05, 0) is 38.8 Å². The fourth-order valence-electron chi connectivity index (χ4n) is 2.86. The van der Waals surface area contributed by atoms with E-state index in [0.29, 0.717) is 22.9 Å². The van der Waals surface area contributed by atoms with E-state index in [-0.39, 0.29) is 0 Å². The van der Waals surface area contributed by atoms with Gasteiger partial charge in [0.15, 0.2) is 5.82 Å². The molecule has 0 radical (unpaired) electrons. The Morgan fingerprint density at radius 3 is 2.77 bits per heavy atom. The lowest BCUT2D eigenvalue weighted by Crippen LogP contribution is -2.42. The SMILES string of the molecule is CC(C)N1CCC(Nc2cnn(-c3ncccc3Cl)c2)CC1. The summed E-state index contributed by atoms with van der Waals surface area (Å²) in [6.45, 7) is 6.81. The number of aromatic nitrogens is 3. The molecule has 22 heavy (non-hydrogen) atoms. The number of halogens is 1. The van der Waals surface area contributed by atoms with Crippen LogP contribution >= 0.6 is 11.6 Å². The van der Waals surface area contributed by atoms with Crippen LogP contribution in [0.15, 0.2) is 30.7 Å². The average Bonchev–Trinajstić information content (AvgIpc) is 2.96. The Balaban J connectivity index is 1.62. The lowest BCUT2D eigenvalue weighted by molar-refractivity contribution is 0.177. The summed E-state index contributed by atoms with van der Waals surface area (Å²) in [6.07, 6.45) is 7.82. The van der Waals surface area contributed by atoms with E-state index in [1.54, 1.807) is 10.9 Å². The molecule has 0 amide bonds. The van der Waals surface area contributed by atoms with Crippen molar-refractivity contribution >= 4 is 17.3 Å². The van der Waals surface area contributed by atoms with Crippen LogP contribution in [0.25, 0.3) is 5.82 Å². The van der Waals surface area contributed by atoms with Gasteiger partial charge in [0.2, 0.25) is 0 Å². The first-order chi connectivity index (χ1) is 10.6. The van der Waals surface area contributed by atoms with Gasteiger partial charge in [0.1, 0.15) is 0 Å². The molecule has 2 aromatic rings. The van der Waals surface area contributed by atoms with Crippen LogP contribution in [0, 0.1) is 0 Å². The summed E-state index contributed by atoms with van der Waals surface area (Å²) in [5.74, 6) is 0.659. The van der Waals surface area contributed by atoms with E-state index in [1.807, 2.05) is 24.5 Å². The molecule has 0 bridgehead atoms. The second-order valence-electron chi connectivity index (χ2n) is 6.03. The van der Waals surface area contributed by atoms with Gasteiger partial charge in [-0.2, -0.15) is 5.10 Å². The smallest absolute Gasteiger partial charge is 0.172 e. The highest BCUT2D eigenvalue weighted by molar-refractivity contribution is 6.32. The van der Waals surface area contributed by atoms with Crippen LogP contribution in [0.1, 0.15) is 26.7 Å². The van der Waals surface area contributed by atoms with Crippen molar-refractivity contribution in [2.24, 2.45) is 0 Å². The number of rotatable bonds is 4. The molecule has 3 rings (SSSR count). The monoisotopic (exact) mass is 319 g/mol. The molecule has 1 aliphatic rings. The molecule has 0 aromatic carbocycles. The number of nitrogens with one attached hydrogen (secondary N) is 1. The predicted molar refractivity (Wildman–Crippen MR) is 89.7 cm³/mol. The van der Waals surface area contributed by atoms with Gasteiger partial charge >= 0.3 is 0 Å². The fraction of sp³-hybridized carbons (Fsp3) is 0.500. The third-order valence-corrected chi connectivity index (χ3v) is 4.46. The zero-order valence-electron chi connectivity index (χ0n) is 13.0. The molecule has 0 saturated carbocycles. The molecule has 2 aromatic heterocycles. The Labute approximate surface area is 136 Å². The summed E-state index contributed by atoms with van der Waals surface area (Å²) in [5, 5.41) is 8.52. The summed E-state index contributed by atoms with van der Waals surface area (Å²) in [6, 6.07) is 4.78. The van der Waals surface area contributed by atoms with Gasteiger partial charge in [0, 0.05) is 31.4 Å². The van der Waals surface area contributed by atoms with Gasteiger partial charge in [-0.1, -0.05) is 11.6 Å². The molecule has 1 saturated heterocycles. The zero-order valence-corrected chi connectivity index (χ0v) is 13.8. The molecule has 118 valence electrons. The first-order valence-corrected chi connectivity index (χ1v) is 8.17. The van der Waals surface area contributed by atoms with Gasteiger partial charge in [-0.15, -0.1) is 0 Å². The van der Waals surface area contributed by atoms with Crippen molar-refractivity contribution in [2.45, 2.75) is 38.8 Å². The van der Waals surface area contributed by atoms with Crippen LogP contribution in [0.5, 0.6) is 0 Å². The standard InChI is InChI=1S/C16H22ClN5/c1-12(2)21-8-5-13(6-9-21)20-14-10-19-22(11-14)16-15(17)4-3-7-18-16/h3-4,7,10-13,20H,5-6,8-9H2,1-2H3. The maximum Gasteiger partial charge on any atom is 0.172 e. The molecule has 1 aliphatic heterocycles. The molecule has 0 spiro atoms. The van der Waals surface area contributed by atoms with Crippen LogP contribution in [0.3, 0.4) is 0 Å². The first-order valence-electron chi connectivity index (χ1n) is 7.79. The topological polar surface area (TPSA) is 46.0 Å². The van der Waals surface area contributed by atoms with Gasteiger partial charge in [0.05, 0.1) is 23.1 Å². The van der Waals surface area contributed by atoms with Crippen molar-refractivity contribution in [1.82, 2.24) is 19.7 Å². The summed E-state index contributed by atoms with van der Waals surface area (Å²) >= 11 is 6.16. The molecule has 0 atom stereocenters. The highest BCUT2D eigenvalue weighted by atomic mass is 35.5. The first kappa shape index (κ1) is 15.3. The maximum absolute atomic E-state index is 6.16. The number of nitrogens with zero attached hydrogens (tertiary/aromatic N) is 4. The van der Waals surface area contributed by atoms with Gasteiger partial charge < -0.3 is 10.2 Å². The Morgan fingerprint density at radius 1 is 1.32 bits per heavy atom. The Bertz CT molecular complexity index is 617. The van der Waals surface area contributed by atoms with E-state index >= 15 is 0 Å². The molecule has 3 heterocycles. The maximum atomic E-state index is 6.16. The van der Waals surface area contributed by atoms with Crippen molar-refractivity contribution in [3.63, 3.8) is 0 Å². The number of likely N-dealkylation sites (tertiary alicyclic amines) is 1. The van der Waals surface area contributed by atoms with Crippen molar-refractivity contribution in [3.05, 3.63) is 35.7 Å². The minimum atomic E-state index is 0.506. The number of pyridine rings is 1. The van der Waals surface area contributed by atoms with Crippen LogP contribution in [0.4, 0.5) is 5.69 Å². The van der Waals surface area contributed by atoms with E-state index < -0.39 is 0 Å². The quantitative estimate of drug-likeness (QED) is 0.940. The number of anilines is 1. The summed E-state index contributed by atoms with van der Waals surface area (Å²) in [7, 11) is 0. The van der Waals surface area contributed by atoms with Gasteiger partial charge in [-0.25, -0.2) is 9.67 Å². The lowest BCUT2D eigenvalue weighted by atomic mass is 10.0. The molecule has 1 N–H and O–H groups in total. The average molecular weight is 320 g/mol. The highest BCUT2D eigenvalue weighted by Gasteiger charge is 2.21. The van der Waals surface area contributed by atoms with Crippen LogP contribution < -0.4 is 5.32 Å². The van der Waals surface area contributed by atoms with Crippen molar-refractivity contribution in [1.29, 1.82) is 0 Å². The Morgan fingerprint density at radius 2 is 2.09 bits per heavy atom. The van der Waals surface area contributed by atoms with Crippen molar-refractivity contribution in [2.75, 3.05) is 18.4 Å². The summed E-state index contributed by atoms with van der Waals surface area (Å²) in [5.41, 5.74) is 1.02. The normalized spacial score (nSPS) is 17.1. The molecule has 6 heteroatoms. The van der Waals surface area contributed by atoms with E-state index in [2.05, 4.69) is 34.1 Å². The number of piperidine rings is 1. The Kier molecular flexibility index (Phi) is 4.64. The molecular weight excluding hydrogens is 298 g/mol. The van der Waals surface area contributed by atoms with Crippen LogP contribution in [-0.2, 0) is 0 Å². The predicted octanol–water partition coefficient (Wildman–Crippen LogP) is 3.21. The lowest BCUT2D eigenvalue weighted by Gasteiger charge is -2.35. The number of hydrogen-bond donors (Lipinski definition) is 1. The largest absolute Gasteiger partial charge is 0.380 e. The summed E-state index contributed by atoms with van der Waals surface area (Å²) in [4.78, 5) is 6.80. The van der Waals surface area contributed by atoms with E-state index in [1.165, 1.54) is 0 Å². The van der Waals surface area contributed by atoms with E-state index in [0.717, 1.165) is 31.6 Å². The van der Waals surface area contributed by atoms with E-state index in [4.69, 9.17) is 11.6 Å². The Hall–Kier alpha value is -1.59. The highest BCUT2D eigenvalue weighted by Crippen LogP contribution is 2.20. The molecule has 5 nitrogen and oxygen atoms in total. The van der Waals surface area contributed by atoms with Crippen LogP contribution in [-0.4, -0.2) is 44.8 Å². The zero-order chi connectivity index (χ0) is 15.5. The van der Waals surface area contributed by atoms with Gasteiger partial charge in [-0.3, -0.25) is 0 Å². The van der Waals surface area contributed by atoms with Crippen molar-refractivity contribution in [3.8, 4) is 5.82 Å². The molecule has 0 unspecified atom stereocenters. The second kappa shape index (κ2) is 6.67. The fourth-order valence-corrected chi connectivity index (χ4v) is 3.06. The van der Waals surface area contributed by atoms with E-state index in [9.17, 15) is 0 Å². The third kappa shape index (κ3) is 3.42.